The Balaban J connectivity index is 1.80. The van der Waals surface area contributed by atoms with Gasteiger partial charge in [0.25, 0.3) is 0 Å². The van der Waals surface area contributed by atoms with Crippen molar-refractivity contribution in [2.45, 2.75) is 26.2 Å². The summed E-state index contributed by atoms with van der Waals surface area (Å²) in [5, 5.41) is 8.07. The molecule has 3 heterocycles. The van der Waals surface area contributed by atoms with Crippen molar-refractivity contribution in [3.8, 4) is 0 Å². The molecule has 0 saturated carbocycles. The first-order valence-electron chi connectivity index (χ1n) is 9.06. The Hall–Kier alpha value is -2.50. The van der Waals surface area contributed by atoms with Gasteiger partial charge in [0, 0.05) is 36.7 Å². The van der Waals surface area contributed by atoms with E-state index in [1.807, 2.05) is 37.3 Å². The fourth-order valence-corrected chi connectivity index (χ4v) is 3.62. The molecule has 28 heavy (non-hydrogen) atoms. The second-order valence-electron chi connectivity index (χ2n) is 6.76. The molecule has 0 unspecified atom stereocenters. The van der Waals surface area contributed by atoms with Crippen molar-refractivity contribution in [1.82, 2.24) is 15.0 Å². The molecule has 1 aliphatic rings. The van der Waals surface area contributed by atoms with Crippen molar-refractivity contribution < 1.29 is 4.79 Å². The van der Waals surface area contributed by atoms with Crippen LogP contribution in [0.25, 0.3) is 10.9 Å². The van der Waals surface area contributed by atoms with E-state index < -0.39 is 0 Å². The Kier molecular flexibility index (Phi) is 5.29. The van der Waals surface area contributed by atoms with Crippen molar-refractivity contribution in [3.05, 3.63) is 69.6 Å². The Labute approximate surface area is 173 Å². The lowest BCUT2D eigenvalue weighted by atomic mass is 10.0. The van der Waals surface area contributed by atoms with Gasteiger partial charge in [0.2, 0.25) is 5.91 Å². The van der Waals surface area contributed by atoms with Gasteiger partial charge < -0.3 is 0 Å². The molecule has 142 valence electrons. The number of aryl methyl sites for hydroxylation is 1. The zero-order valence-electron chi connectivity index (χ0n) is 15.3. The molecular formula is C21H18Cl2N4O. The molecular weight excluding hydrogens is 395 g/mol. The van der Waals surface area contributed by atoms with Crippen molar-refractivity contribution in [1.29, 1.82) is 0 Å². The lowest BCUT2D eigenvalue weighted by molar-refractivity contribution is -0.127. The number of fused-ring (bicyclic) bond motifs is 1. The summed E-state index contributed by atoms with van der Waals surface area (Å²) < 4.78 is 0. The van der Waals surface area contributed by atoms with E-state index in [1.165, 1.54) is 0 Å². The van der Waals surface area contributed by atoms with E-state index in [9.17, 15) is 4.79 Å². The summed E-state index contributed by atoms with van der Waals surface area (Å²) in [7, 11) is 0. The van der Waals surface area contributed by atoms with Crippen LogP contribution in [-0.2, 0) is 11.2 Å². The third-order valence-electron chi connectivity index (χ3n) is 4.71. The van der Waals surface area contributed by atoms with Gasteiger partial charge in [0.1, 0.15) is 0 Å². The third kappa shape index (κ3) is 3.86. The Morgan fingerprint density at radius 1 is 1.21 bits per heavy atom. The van der Waals surface area contributed by atoms with Crippen molar-refractivity contribution >= 4 is 45.7 Å². The number of aromatic nitrogens is 2. The number of halogens is 2. The van der Waals surface area contributed by atoms with Crippen LogP contribution in [0, 0.1) is 6.92 Å². The van der Waals surface area contributed by atoms with Crippen LogP contribution in [0.5, 0.6) is 0 Å². The van der Waals surface area contributed by atoms with E-state index in [-0.39, 0.29) is 5.91 Å². The monoisotopic (exact) mass is 412 g/mol. The van der Waals surface area contributed by atoms with Gasteiger partial charge in [-0.15, -0.1) is 0 Å². The van der Waals surface area contributed by atoms with Crippen LogP contribution in [0.3, 0.4) is 0 Å². The molecule has 1 aromatic carbocycles. The summed E-state index contributed by atoms with van der Waals surface area (Å²) in [5.74, 6) is 0.0413. The Morgan fingerprint density at radius 2 is 2.04 bits per heavy atom. The first-order chi connectivity index (χ1) is 13.5. The SMILES string of the molecule is Cc1cccc(/C(Cc2ccnc3cc(Cl)c(Cl)cc23)=N\N2CCCC2=O)n1. The van der Waals surface area contributed by atoms with Crippen molar-refractivity contribution in [2.75, 3.05) is 6.54 Å². The number of carbonyl (C=O) groups is 1. The second kappa shape index (κ2) is 7.86. The van der Waals surface area contributed by atoms with Gasteiger partial charge in [-0.05, 0) is 49.2 Å². The van der Waals surface area contributed by atoms with Crippen molar-refractivity contribution in [3.63, 3.8) is 0 Å². The molecule has 0 radical (unpaired) electrons. The number of rotatable bonds is 4. The number of benzene rings is 1. The minimum absolute atomic E-state index is 0.0413. The maximum Gasteiger partial charge on any atom is 0.242 e. The maximum atomic E-state index is 12.1. The van der Waals surface area contributed by atoms with E-state index in [1.54, 1.807) is 17.3 Å². The fourth-order valence-electron chi connectivity index (χ4n) is 3.30. The number of pyridine rings is 2. The van der Waals surface area contributed by atoms with Gasteiger partial charge in [-0.2, -0.15) is 5.10 Å². The molecule has 3 aromatic rings. The molecule has 7 heteroatoms. The average Bonchev–Trinajstić information content (AvgIpc) is 3.07. The first-order valence-corrected chi connectivity index (χ1v) is 9.81. The summed E-state index contributed by atoms with van der Waals surface area (Å²) in [6.45, 7) is 2.57. The van der Waals surface area contributed by atoms with Gasteiger partial charge in [-0.3, -0.25) is 14.8 Å². The molecule has 1 aliphatic heterocycles. The van der Waals surface area contributed by atoms with Crippen LogP contribution in [0.4, 0.5) is 0 Å². The zero-order chi connectivity index (χ0) is 19.7. The Morgan fingerprint density at radius 3 is 2.79 bits per heavy atom. The number of hydrazone groups is 1. The summed E-state index contributed by atoms with van der Waals surface area (Å²) in [5.41, 5.74) is 4.15. The molecule has 4 rings (SSSR count). The highest BCUT2D eigenvalue weighted by atomic mass is 35.5. The van der Waals surface area contributed by atoms with Crippen LogP contribution in [0.15, 0.2) is 47.7 Å². The van der Waals surface area contributed by atoms with E-state index in [0.29, 0.717) is 29.4 Å². The van der Waals surface area contributed by atoms with Crippen LogP contribution in [0.1, 0.15) is 29.8 Å². The normalized spacial score (nSPS) is 14.9. The van der Waals surface area contributed by atoms with Crippen LogP contribution in [0.2, 0.25) is 10.0 Å². The van der Waals surface area contributed by atoms with Crippen LogP contribution in [-0.4, -0.2) is 33.1 Å². The number of amides is 1. The predicted molar refractivity (Wildman–Crippen MR) is 112 cm³/mol. The minimum atomic E-state index is 0.0413. The van der Waals surface area contributed by atoms with Gasteiger partial charge in [-0.1, -0.05) is 29.3 Å². The highest BCUT2D eigenvalue weighted by Crippen LogP contribution is 2.29. The minimum Gasteiger partial charge on any atom is -0.273 e. The average molecular weight is 413 g/mol. The molecule has 0 bridgehead atoms. The topological polar surface area (TPSA) is 58.5 Å². The lowest BCUT2D eigenvalue weighted by Gasteiger charge is -2.14. The smallest absolute Gasteiger partial charge is 0.242 e. The summed E-state index contributed by atoms with van der Waals surface area (Å²) >= 11 is 12.4. The standard InChI is InChI=1S/C21H18Cl2N4O/c1-13-4-2-5-18(25-13)20(26-27-9-3-6-21(27)28)10-14-7-8-24-19-12-17(23)16(22)11-15(14)19/h2,4-5,7-8,11-12H,3,6,9-10H2,1H3/b26-20-. The summed E-state index contributed by atoms with van der Waals surface area (Å²) in [6.07, 6.45) is 3.59. The van der Waals surface area contributed by atoms with Gasteiger partial charge >= 0.3 is 0 Å². The Bertz CT molecular complexity index is 1100. The van der Waals surface area contributed by atoms with E-state index in [4.69, 9.17) is 23.2 Å². The number of carbonyl (C=O) groups excluding carboxylic acids is 1. The highest BCUT2D eigenvalue weighted by molar-refractivity contribution is 6.42. The van der Waals surface area contributed by atoms with Crippen LogP contribution < -0.4 is 0 Å². The molecule has 0 N–H and O–H groups in total. The first kappa shape index (κ1) is 18.8. The van der Waals surface area contributed by atoms with Gasteiger partial charge in [0.05, 0.1) is 27.0 Å². The molecule has 1 saturated heterocycles. The number of hydrogen-bond acceptors (Lipinski definition) is 4. The molecule has 0 spiro atoms. The molecule has 1 amide bonds. The van der Waals surface area contributed by atoms with E-state index >= 15 is 0 Å². The number of nitrogens with zero attached hydrogens (tertiary/aromatic N) is 4. The lowest BCUT2D eigenvalue weighted by Crippen LogP contribution is -2.22. The fraction of sp³-hybridized carbons (Fsp3) is 0.238. The number of hydrogen-bond donors (Lipinski definition) is 0. The maximum absolute atomic E-state index is 12.1. The zero-order valence-corrected chi connectivity index (χ0v) is 16.8. The molecule has 0 atom stereocenters. The quantitative estimate of drug-likeness (QED) is 0.577. The molecule has 2 aromatic heterocycles. The summed E-state index contributed by atoms with van der Waals surface area (Å²) in [4.78, 5) is 21.1. The van der Waals surface area contributed by atoms with Crippen LogP contribution >= 0.6 is 23.2 Å². The highest BCUT2D eigenvalue weighted by Gasteiger charge is 2.21. The van der Waals surface area contributed by atoms with E-state index in [0.717, 1.165) is 40.0 Å². The molecule has 1 fully saturated rings. The molecule has 0 aliphatic carbocycles. The van der Waals surface area contributed by atoms with Crippen molar-refractivity contribution in [2.24, 2.45) is 5.10 Å². The predicted octanol–water partition coefficient (Wildman–Crippen LogP) is 4.81. The summed E-state index contributed by atoms with van der Waals surface area (Å²) in [6, 6.07) is 11.3. The largest absolute Gasteiger partial charge is 0.273 e. The van der Waals surface area contributed by atoms with E-state index in [2.05, 4.69) is 15.1 Å². The second-order valence-corrected chi connectivity index (χ2v) is 7.58. The van der Waals surface area contributed by atoms with Gasteiger partial charge in [-0.25, -0.2) is 5.01 Å². The third-order valence-corrected chi connectivity index (χ3v) is 5.43. The molecule has 5 nitrogen and oxygen atoms in total. The van der Waals surface area contributed by atoms with Gasteiger partial charge in [0.15, 0.2) is 0 Å².